The Morgan fingerprint density at radius 1 is 0.925 bits per heavy atom. The Balaban J connectivity index is 1.10. The summed E-state index contributed by atoms with van der Waals surface area (Å²) in [5, 5.41) is 8.92. The summed E-state index contributed by atoms with van der Waals surface area (Å²) < 4.78 is 7.51. The number of imidazole rings is 1. The minimum absolute atomic E-state index is 0.176. The van der Waals surface area contributed by atoms with Crippen LogP contribution in [0.3, 0.4) is 0 Å². The highest BCUT2D eigenvalue weighted by atomic mass is 16.8. The number of piperidine rings is 1. The van der Waals surface area contributed by atoms with E-state index in [1.165, 1.54) is 12.8 Å². The van der Waals surface area contributed by atoms with Crippen molar-refractivity contribution in [3.63, 3.8) is 0 Å². The molecule has 214 valence electrons. The Bertz CT molecular complexity index is 1260. The zero-order valence-corrected chi connectivity index (χ0v) is 23.0. The summed E-state index contributed by atoms with van der Waals surface area (Å²) in [6.45, 7) is 1.41. The molecule has 3 aromatic rings. The lowest BCUT2D eigenvalue weighted by molar-refractivity contribution is -0.139. The number of fused-ring (bicyclic) bond motifs is 1. The number of carbonyl (C=O) groups excluding carboxylic acids is 1. The second-order valence-electron chi connectivity index (χ2n) is 11.4. The van der Waals surface area contributed by atoms with Crippen LogP contribution in [0.2, 0.25) is 0 Å². The van der Waals surface area contributed by atoms with E-state index >= 15 is 0 Å². The molecule has 1 aromatic carbocycles. The van der Waals surface area contributed by atoms with E-state index in [1.807, 2.05) is 36.7 Å². The molecule has 11 heteroatoms. The molecule has 0 radical (unpaired) electrons. The lowest BCUT2D eigenvalue weighted by Gasteiger charge is -2.31. The molecule has 2 aliphatic carbocycles. The summed E-state index contributed by atoms with van der Waals surface area (Å²) in [5.41, 5.74) is 8.75. The molecule has 2 aromatic heterocycles. The lowest BCUT2D eigenvalue weighted by atomic mass is 9.92. The normalized spacial score (nSPS) is 22.8. The number of ether oxygens (including phenoxy) is 1. The van der Waals surface area contributed by atoms with E-state index in [1.54, 1.807) is 5.06 Å². The van der Waals surface area contributed by atoms with Crippen LogP contribution >= 0.6 is 0 Å². The first-order chi connectivity index (χ1) is 19.6. The third-order valence-electron chi connectivity index (χ3n) is 8.44. The summed E-state index contributed by atoms with van der Waals surface area (Å²) >= 11 is 0. The van der Waals surface area contributed by atoms with Gasteiger partial charge < -0.3 is 30.5 Å². The fourth-order valence-electron chi connectivity index (χ4n) is 6.11. The van der Waals surface area contributed by atoms with Crippen LogP contribution in [0.4, 0.5) is 16.6 Å². The van der Waals surface area contributed by atoms with Crippen LogP contribution in [0, 0.1) is 0 Å². The van der Waals surface area contributed by atoms with Crippen molar-refractivity contribution < 1.29 is 14.4 Å². The number of rotatable bonds is 8. The zero-order valence-electron chi connectivity index (χ0n) is 23.0. The van der Waals surface area contributed by atoms with E-state index in [-0.39, 0.29) is 12.6 Å². The molecule has 0 bridgehead atoms. The van der Waals surface area contributed by atoms with E-state index < -0.39 is 6.16 Å². The maximum absolute atomic E-state index is 12.2. The number of nitrogens with two attached hydrogens (primary N) is 1. The molecule has 1 saturated heterocycles. The molecule has 2 saturated carbocycles. The number of hydroxylamine groups is 2. The molecule has 0 atom stereocenters. The molecule has 3 aliphatic rings. The molecule has 1 aliphatic heterocycles. The minimum atomic E-state index is -0.676. The van der Waals surface area contributed by atoms with Crippen LogP contribution in [-0.4, -0.2) is 62.0 Å². The van der Waals surface area contributed by atoms with Gasteiger partial charge in [0, 0.05) is 37.3 Å². The highest BCUT2D eigenvalue weighted by Gasteiger charge is 2.27. The van der Waals surface area contributed by atoms with E-state index in [4.69, 9.17) is 30.3 Å². The Hall–Kier alpha value is -3.44. The first-order valence-corrected chi connectivity index (χ1v) is 14.8. The number of hydrogen-bond donors (Lipinski definition) is 3. The van der Waals surface area contributed by atoms with Crippen LogP contribution in [-0.2, 0) is 16.2 Å². The molecule has 6 rings (SSSR count). The van der Waals surface area contributed by atoms with Crippen molar-refractivity contribution in [3.05, 3.63) is 42.2 Å². The average molecular weight is 549 g/mol. The Morgan fingerprint density at radius 2 is 1.65 bits per heavy atom. The summed E-state index contributed by atoms with van der Waals surface area (Å²) in [4.78, 5) is 32.3. The third-order valence-corrected chi connectivity index (χ3v) is 8.44. The predicted octanol–water partition coefficient (Wildman–Crippen LogP) is 4.77. The number of aromatic nitrogens is 4. The SMILES string of the molecule is NC1CCC(Nc2nc(NC3CCN(OC(=O)OCc4ccccc4)CC3)c3ncn(C4CCCC4)c3n2)CC1. The molecule has 0 spiro atoms. The summed E-state index contributed by atoms with van der Waals surface area (Å²) in [6, 6.07) is 10.8. The fraction of sp³-hybridized carbons (Fsp3) is 0.586. The standard InChI is InChI=1S/C29H40N8O3/c30-21-10-12-22(13-11-21)33-28-34-26(25-27(35-28)37(19-31-25)24-8-4-5-9-24)32-23-14-16-36(17-15-23)40-29(38)39-18-20-6-2-1-3-7-20/h1-3,6-7,19,21-24H,4-5,8-18,30H2,(H2,32,33,34,35). The van der Waals surface area contributed by atoms with Gasteiger partial charge in [0.05, 0.1) is 6.33 Å². The van der Waals surface area contributed by atoms with Crippen LogP contribution < -0.4 is 16.4 Å². The number of nitrogens with zero attached hydrogens (tertiary/aromatic N) is 5. The molecule has 4 N–H and O–H groups in total. The molecule has 3 fully saturated rings. The molecule has 0 unspecified atom stereocenters. The van der Waals surface area contributed by atoms with Gasteiger partial charge in [0.25, 0.3) is 0 Å². The molecular formula is C29H40N8O3. The first kappa shape index (κ1) is 26.8. The average Bonchev–Trinajstić information content (AvgIpc) is 3.65. The second-order valence-corrected chi connectivity index (χ2v) is 11.4. The molecule has 40 heavy (non-hydrogen) atoms. The van der Waals surface area contributed by atoms with Gasteiger partial charge in [-0.15, -0.1) is 5.06 Å². The second kappa shape index (κ2) is 12.4. The van der Waals surface area contributed by atoms with Gasteiger partial charge in [0.15, 0.2) is 17.0 Å². The quantitative estimate of drug-likeness (QED) is 0.338. The van der Waals surface area contributed by atoms with Gasteiger partial charge in [-0.1, -0.05) is 43.2 Å². The molecule has 11 nitrogen and oxygen atoms in total. The summed E-state index contributed by atoms with van der Waals surface area (Å²) in [5.74, 6) is 1.41. The fourth-order valence-corrected chi connectivity index (χ4v) is 6.11. The van der Waals surface area contributed by atoms with E-state index in [9.17, 15) is 4.79 Å². The Morgan fingerprint density at radius 3 is 2.40 bits per heavy atom. The van der Waals surface area contributed by atoms with Crippen LogP contribution in [0.25, 0.3) is 11.2 Å². The van der Waals surface area contributed by atoms with Crippen molar-refractivity contribution in [3.8, 4) is 0 Å². The summed E-state index contributed by atoms with van der Waals surface area (Å²) in [6.07, 6.45) is 11.8. The number of carbonyl (C=O) groups is 1. The molecule has 3 heterocycles. The van der Waals surface area contributed by atoms with Crippen molar-refractivity contribution in [1.82, 2.24) is 24.6 Å². The summed E-state index contributed by atoms with van der Waals surface area (Å²) in [7, 11) is 0. The van der Waals surface area contributed by atoms with Crippen molar-refractivity contribution >= 4 is 29.1 Å². The van der Waals surface area contributed by atoms with Gasteiger partial charge in [-0.05, 0) is 56.9 Å². The Kier molecular flexibility index (Phi) is 8.29. The van der Waals surface area contributed by atoms with Crippen molar-refractivity contribution in [2.75, 3.05) is 23.7 Å². The zero-order chi connectivity index (χ0) is 27.3. The van der Waals surface area contributed by atoms with Crippen molar-refractivity contribution in [2.45, 2.75) is 95.0 Å². The van der Waals surface area contributed by atoms with Crippen molar-refractivity contribution in [1.29, 1.82) is 0 Å². The number of anilines is 2. The largest absolute Gasteiger partial charge is 0.528 e. The van der Waals surface area contributed by atoms with E-state index in [0.717, 1.165) is 73.9 Å². The van der Waals surface area contributed by atoms with Crippen molar-refractivity contribution in [2.24, 2.45) is 5.73 Å². The monoisotopic (exact) mass is 548 g/mol. The topological polar surface area (TPSA) is 132 Å². The van der Waals surface area contributed by atoms with Gasteiger partial charge in [0.2, 0.25) is 5.95 Å². The van der Waals surface area contributed by atoms with Gasteiger partial charge in [-0.2, -0.15) is 9.97 Å². The van der Waals surface area contributed by atoms with E-state index in [0.29, 0.717) is 37.2 Å². The molecular weight excluding hydrogens is 508 g/mol. The number of nitrogens with one attached hydrogen (secondary N) is 2. The van der Waals surface area contributed by atoms with Gasteiger partial charge in [-0.25, -0.2) is 9.78 Å². The van der Waals surface area contributed by atoms with Crippen LogP contribution in [0.15, 0.2) is 36.7 Å². The first-order valence-electron chi connectivity index (χ1n) is 14.8. The van der Waals surface area contributed by atoms with Gasteiger partial charge >= 0.3 is 6.16 Å². The maximum atomic E-state index is 12.2. The van der Waals surface area contributed by atoms with Crippen LogP contribution in [0.1, 0.15) is 75.8 Å². The van der Waals surface area contributed by atoms with Crippen LogP contribution in [0.5, 0.6) is 0 Å². The van der Waals surface area contributed by atoms with Gasteiger partial charge in [-0.3, -0.25) is 0 Å². The number of benzene rings is 1. The predicted molar refractivity (Wildman–Crippen MR) is 153 cm³/mol. The third kappa shape index (κ3) is 6.47. The Labute approximate surface area is 234 Å². The minimum Gasteiger partial charge on any atom is -0.428 e. The van der Waals surface area contributed by atoms with E-state index in [2.05, 4.69) is 15.2 Å². The number of hydrogen-bond acceptors (Lipinski definition) is 10. The highest BCUT2D eigenvalue weighted by molar-refractivity contribution is 5.84. The smallest absolute Gasteiger partial charge is 0.428 e. The molecule has 0 amide bonds. The lowest BCUT2D eigenvalue weighted by Crippen LogP contribution is -2.40. The highest BCUT2D eigenvalue weighted by Crippen LogP contribution is 2.34. The van der Waals surface area contributed by atoms with Gasteiger partial charge in [0.1, 0.15) is 6.61 Å². The maximum Gasteiger partial charge on any atom is 0.528 e.